The molecule has 76 valence electrons. The zero-order valence-electron chi connectivity index (χ0n) is 8.29. The average molecular weight is 200 g/mol. The molecule has 1 aromatic carbocycles. The second-order valence-electron chi connectivity index (χ2n) is 3.89. The molecule has 1 aliphatic heterocycles. The number of fused-ring (bicyclic) bond motifs is 2. The summed E-state index contributed by atoms with van der Waals surface area (Å²) in [6.07, 6.45) is 2.93. The quantitative estimate of drug-likeness (QED) is 0.580. The highest BCUT2D eigenvalue weighted by Crippen LogP contribution is 2.17. The number of carbonyl (C=O) groups is 1. The highest BCUT2D eigenvalue weighted by molar-refractivity contribution is 5.90. The highest BCUT2D eigenvalue weighted by Gasteiger charge is 2.27. The molecule has 1 aromatic rings. The lowest BCUT2D eigenvalue weighted by atomic mass is 9.91. The molecule has 1 aliphatic carbocycles. The van der Waals surface area contributed by atoms with E-state index in [0.717, 1.165) is 12.1 Å². The first-order chi connectivity index (χ1) is 7.36. The molecule has 0 saturated carbocycles. The Hall–Kier alpha value is -1.77. The smallest absolute Gasteiger partial charge is 0.230 e. The predicted octanol–water partition coefficient (Wildman–Crippen LogP) is -0.728. The van der Waals surface area contributed by atoms with E-state index in [9.17, 15) is 4.79 Å². The third-order valence-corrected chi connectivity index (χ3v) is 3.03. The SMILES string of the molecule is O=C1NCNC2=c3ccccc3=CCC12. The molecule has 0 aromatic heterocycles. The van der Waals surface area contributed by atoms with Gasteiger partial charge in [-0.1, -0.05) is 30.3 Å². The van der Waals surface area contributed by atoms with Crippen LogP contribution in [0.5, 0.6) is 0 Å². The Bertz CT molecular complexity index is 533. The predicted molar refractivity (Wildman–Crippen MR) is 57.8 cm³/mol. The van der Waals surface area contributed by atoms with Gasteiger partial charge in [-0.15, -0.1) is 0 Å². The number of rotatable bonds is 0. The Morgan fingerprint density at radius 1 is 1.20 bits per heavy atom. The summed E-state index contributed by atoms with van der Waals surface area (Å²) in [4.78, 5) is 11.6. The maximum Gasteiger partial charge on any atom is 0.230 e. The summed E-state index contributed by atoms with van der Waals surface area (Å²) in [6.45, 7) is 0.541. The van der Waals surface area contributed by atoms with Crippen molar-refractivity contribution in [1.82, 2.24) is 10.6 Å². The second kappa shape index (κ2) is 3.12. The van der Waals surface area contributed by atoms with Crippen LogP contribution in [0.2, 0.25) is 0 Å². The van der Waals surface area contributed by atoms with Crippen LogP contribution in [0.25, 0.3) is 11.8 Å². The molecule has 15 heavy (non-hydrogen) atoms. The fourth-order valence-electron chi connectivity index (χ4n) is 2.28. The van der Waals surface area contributed by atoms with E-state index in [1.54, 1.807) is 0 Å². The van der Waals surface area contributed by atoms with Gasteiger partial charge < -0.3 is 10.6 Å². The van der Waals surface area contributed by atoms with E-state index >= 15 is 0 Å². The van der Waals surface area contributed by atoms with Gasteiger partial charge in [0.25, 0.3) is 0 Å². The first-order valence-electron chi connectivity index (χ1n) is 5.17. The minimum Gasteiger partial charge on any atom is -0.370 e. The van der Waals surface area contributed by atoms with Crippen molar-refractivity contribution in [2.24, 2.45) is 5.92 Å². The first-order valence-corrected chi connectivity index (χ1v) is 5.17. The number of benzene rings is 1. The van der Waals surface area contributed by atoms with Gasteiger partial charge >= 0.3 is 0 Å². The molecule has 0 spiro atoms. The Kier molecular flexibility index (Phi) is 1.78. The van der Waals surface area contributed by atoms with Crippen molar-refractivity contribution < 1.29 is 4.79 Å². The molecule has 3 rings (SSSR count). The molecule has 3 nitrogen and oxygen atoms in total. The molecule has 1 heterocycles. The summed E-state index contributed by atoms with van der Waals surface area (Å²) < 4.78 is 0. The summed E-state index contributed by atoms with van der Waals surface area (Å²) in [5, 5.41) is 8.49. The molecular formula is C12H12N2O. The van der Waals surface area contributed by atoms with Crippen molar-refractivity contribution in [2.75, 3.05) is 6.67 Å². The van der Waals surface area contributed by atoms with E-state index in [-0.39, 0.29) is 11.8 Å². The van der Waals surface area contributed by atoms with Gasteiger partial charge in [-0.05, 0) is 11.6 Å². The molecule has 0 radical (unpaired) electrons. The van der Waals surface area contributed by atoms with Crippen LogP contribution in [-0.4, -0.2) is 12.6 Å². The Labute approximate surface area is 87.5 Å². The zero-order valence-corrected chi connectivity index (χ0v) is 8.29. The molecule has 0 bridgehead atoms. The number of hydrogen-bond acceptors (Lipinski definition) is 2. The lowest BCUT2D eigenvalue weighted by molar-refractivity contribution is -0.124. The van der Waals surface area contributed by atoms with Crippen molar-refractivity contribution in [3.63, 3.8) is 0 Å². The van der Waals surface area contributed by atoms with E-state index in [4.69, 9.17) is 0 Å². The Morgan fingerprint density at radius 2 is 2.07 bits per heavy atom. The third-order valence-electron chi connectivity index (χ3n) is 3.03. The maximum absolute atomic E-state index is 11.6. The largest absolute Gasteiger partial charge is 0.370 e. The monoisotopic (exact) mass is 200 g/mol. The van der Waals surface area contributed by atoms with Crippen LogP contribution in [0.15, 0.2) is 24.3 Å². The van der Waals surface area contributed by atoms with Crippen LogP contribution < -0.4 is 21.1 Å². The summed E-state index contributed by atoms with van der Waals surface area (Å²) in [6, 6.07) is 8.20. The Morgan fingerprint density at radius 3 is 3.00 bits per heavy atom. The molecule has 1 atom stereocenters. The second-order valence-corrected chi connectivity index (χ2v) is 3.89. The van der Waals surface area contributed by atoms with Gasteiger partial charge in [0, 0.05) is 10.9 Å². The fourth-order valence-corrected chi connectivity index (χ4v) is 2.28. The highest BCUT2D eigenvalue weighted by atomic mass is 16.2. The van der Waals surface area contributed by atoms with Crippen LogP contribution in [0.1, 0.15) is 6.42 Å². The number of carbonyl (C=O) groups excluding carboxylic acids is 1. The summed E-state index contributed by atoms with van der Waals surface area (Å²) in [5.41, 5.74) is 1.08. The van der Waals surface area contributed by atoms with E-state index < -0.39 is 0 Å². The molecule has 1 unspecified atom stereocenters. The van der Waals surface area contributed by atoms with Gasteiger partial charge in [-0.2, -0.15) is 0 Å². The van der Waals surface area contributed by atoms with E-state index in [0.29, 0.717) is 6.67 Å². The topological polar surface area (TPSA) is 41.1 Å². The van der Waals surface area contributed by atoms with Crippen molar-refractivity contribution in [2.45, 2.75) is 6.42 Å². The zero-order chi connectivity index (χ0) is 10.3. The molecule has 1 saturated heterocycles. The van der Waals surface area contributed by atoms with Gasteiger partial charge in [-0.25, -0.2) is 0 Å². The standard InChI is InChI=1S/C12H12N2O/c15-12-10-6-5-8-3-1-2-4-9(8)11(10)13-7-14-12/h1-5,10,13H,6-7H2,(H,14,15). The summed E-state index contributed by atoms with van der Waals surface area (Å²) in [5.74, 6) is 0.114. The van der Waals surface area contributed by atoms with Crippen molar-refractivity contribution in [3.8, 4) is 0 Å². The van der Waals surface area contributed by atoms with E-state index in [2.05, 4.69) is 28.8 Å². The molecule has 1 fully saturated rings. The van der Waals surface area contributed by atoms with Crippen LogP contribution in [0, 0.1) is 5.92 Å². The Balaban J connectivity index is 2.29. The number of nitrogens with one attached hydrogen (secondary N) is 2. The average Bonchev–Trinajstić information content (AvgIpc) is 2.29. The minimum absolute atomic E-state index is 0.0198. The van der Waals surface area contributed by atoms with Crippen molar-refractivity contribution in [3.05, 3.63) is 34.7 Å². The maximum atomic E-state index is 11.6. The van der Waals surface area contributed by atoms with Gasteiger partial charge in [0.05, 0.1) is 12.6 Å². The summed E-state index contributed by atoms with van der Waals surface area (Å²) >= 11 is 0. The van der Waals surface area contributed by atoms with Crippen LogP contribution in [0.3, 0.4) is 0 Å². The van der Waals surface area contributed by atoms with Crippen molar-refractivity contribution >= 4 is 17.7 Å². The van der Waals surface area contributed by atoms with Gasteiger partial charge in [0.1, 0.15) is 0 Å². The van der Waals surface area contributed by atoms with Gasteiger partial charge in [0.2, 0.25) is 5.91 Å². The first kappa shape index (κ1) is 8.53. The molecule has 2 aliphatic rings. The molecule has 3 heteroatoms. The molecule has 2 N–H and O–H groups in total. The van der Waals surface area contributed by atoms with Gasteiger partial charge in [0.15, 0.2) is 0 Å². The molecular weight excluding hydrogens is 188 g/mol. The van der Waals surface area contributed by atoms with Gasteiger partial charge in [-0.3, -0.25) is 4.79 Å². The lowest BCUT2D eigenvalue weighted by Crippen LogP contribution is -2.51. The number of hydrogen-bond donors (Lipinski definition) is 2. The van der Waals surface area contributed by atoms with Crippen LogP contribution >= 0.6 is 0 Å². The van der Waals surface area contributed by atoms with Crippen molar-refractivity contribution in [1.29, 1.82) is 0 Å². The number of amides is 1. The van der Waals surface area contributed by atoms with E-state index in [1.807, 2.05) is 12.1 Å². The normalized spacial score (nSPS) is 23.1. The minimum atomic E-state index is -0.0198. The summed E-state index contributed by atoms with van der Waals surface area (Å²) in [7, 11) is 0. The third kappa shape index (κ3) is 1.23. The van der Waals surface area contributed by atoms with Crippen LogP contribution in [0.4, 0.5) is 0 Å². The lowest BCUT2D eigenvalue weighted by Gasteiger charge is -2.28. The fraction of sp³-hybridized carbons (Fsp3) is 0.250. The molecule has 1 amide bonds. The van der Waals surface area contributed by atoms with E-state index in [1.165, 1.54) is 10.4 Å². The van der Waals surface area contributed by atoms with Crippen LogP contribution in [-0.2, 0) is 4.79 Å².